The van der Waals surface area contributed by atoms with Crippen molar-refractivity contribution in [2.75, 3.05) is 0 Å². The number of fused-ring (bicyclic) bond motifs is 4. The molecule has 2 heterocycles. The highest BCUT2D eigenvalue weighted by Gasteiger charge is 2.18. The molecule has 0 aliphatic rings. The second kappa shape index (κ2) is 6.46. The maximum atomic E-state index is 13.2. The first-order valence-electron chi connectivity index (χ1n) is 8.95. The fourth-order valence-corrected chi connectivity index (χ4v) is 4.02. The molecule has 136 valence electrons. The first-order chi connectivity index (χ1) is 13.6. The maximum Gasteiger partial charge on any atom is 0.264 e. The number of rotatable bonds is 3. The van der Waals surface area contributed by atoms with Gasteiger partial charge < -0.3 is 4.98 Å². The summed E-state index contributed by atoms with van der Waals surface area (Å²) in [6, 6.07) is 22.5. The van der Waals surface area contributed by atoms with E-state index in [1.54, 1.807) is 4.40 Å². The number of benzene rings is 3. The molecule has 2 aromatic heterocycles. The summed E-state index contributed by atoms with van der Waals surface area (Å²) in [4.78, 5) is 29.5. The van der Waals surface area contributed by atoms with E-state index in [-0.39, 0.29) is 17.8 Å². The highest BCUT2D eigenvalue weighted by atomic mass is 79.9. The lowest BCUT2D eigenvalue weighted by atomic mass is 9.99. The van der Waals surface area contributed by atoms with Crippen LogP contribution in [0.25, 0.3) is 27.5 Å². The molecule has 28 heavy (non-hydrogen) atoms. The Morgan fingerprint density at radius 3 is 2.36 bits per heavy atom. The van der Waals surface area contributed by atoms with E-state index < -0.39 is 0 Å². The van der Waals surface area contributed by atoms with Gasteiger partial charge in [-0.25, -0.2) is 0 Å². The molecule has 4 nitrogen and oxygen atoms in total. The molecule has 0 saturated carbocycles. The van der Waals surface area contributed by atoms with E-state index in [9.17, 15) is 9.59 Å². The number of nitrogens with zero attached hydrogens (tertiary/aromatic N) is 1. The van der Waals surface area contributed by atoms with E-state index in [1.165, 1.54) is 0 Å². The maximum absolute atomic E-state index is 13.2. The number of halogens is 1. The molecule has 0 bridgehead atoms. The van der Waals surface area contributed by atoms with Gasteiger partial charge in [-0.05, 0) is 35.7 Å². The zero-order valence-electron chi connectivity index (χ0n) is 14.8. The zero-order chi connectivity index (χ0) is 19.3. The first-order valence-corrected chi connectivity index (χ1v) is 9.74. The lowest BCUT2D eigenvalue weighted by molar-refractivity contribution is 0.0993. The standard InChI is InChI=1S/C23H15BrN2O2/c24-15-11-9-14(10-12-15)21(27)13-18-16-5-1-2-6-17(16)23(28)26-20-8-4-3-7-19(20)25-22(18)26/h1-12,25H,13H2. The Labute approximate surface area is 168 Å². The SMILES string of the molecule is O=C(Cc1c2ccccc2c(=O)n2c1[nH]c1ccccc12)c1ccc(Br)cc1. The zero-order valence-corrected chi connectivity index (χ0v) is 16.4. The summed E-state index contributed by atoms with van der Waals surface area (Å²) in [6.45, 7) is 0. The Bertz CT molecular complexity index is 1430. The average molecular weight is 431 g/mol. The molecule has 0 radical (unpaired) electrons. The number of imidazole rings is 1. The lowest BCUT2D eigenvalue weighted by Gasteiger charge is -2.09. The number of carbonyl (C=O) groups is 1. The molecular weight excluding hydrogens is 416 g/mol. The normalized spacial score (nSPS) is 11.5. The fraction of sp³-hybridized carbons (Fsp3) is 0.0435. The Morgan fingerprint density at radius 1 is 0.893 bits per heavy atom. The van der Waals surface area contributed by atoms with Crippen molar-refractivity contribution in [3.05, 3.63) is 98.7 Å². The van der Waals surface area contributed by atoms with Gasteiger partial charge >= 0.3 is 0 Å². The first kappa shape index (κ1) is 17.0. The Hall–Kier alpha value is -3.18. The molecule has 0 atom stereocenters. The van der Waals surface area contributed by atoms with Gasteiger partial charge in [0.25, 0.3) is 5.56 Å². The lowest BCUT2D eigenvalue weighted by Crippen LogP contribution is -2.16. The van der Waals surface area contributed by atoms with Gasteiger partial charge in [0, 0.05) is 27.4 Å². The molecule has 0 saturated heterocycles. The van der Waals surface area contributed by atoms with Crippen molar-refractivity contribution in [3.8, 4) is 0 Å². The summed E-state index contributed by atoms with van der Waals surface area (Å²) in [5.74, 6) is 0.0110. The number of hydrogen-bond donors (Lipinski definition) is 1. The second-order valence-electron chi connectivity index (χ2n) is 6.76. The van der Waals surface area contributed by atoms with Crippen LogP contribution in [0.5, 0.6) is 0 Å². The number of hydrogen-bond acceptors (Lipinski definition) is 2. The van der Waals surface area contributed by atoms with E-state index in [4.69, 9.17) is 0 Å². The minimum Gasteiger partial charge on any atom is -0.339 e. The number of Topliss-reactive ketones (excluding diaryl/α,β-unsaturated/α-hetero) is 1. The van der Waals surface area contributed by atoms with Crippen molar-refractivity contribution in [1.82, 2.24) is 9.38 Å². The van der Waals surface area contributed by atoms with E-state index in [0.717, 1.165) is 26.5 Å². The number of aromatic amines is 1. The van der Waals surface area contributed by atoms with Crippen molar-refractivity contribution in [2.45, 2.75) is 6.42 Å². The molecular formula is C23H15BrN2O2. The van der Waals surface area contributed by atoms with Gasteiger partial charge in [-0.15, -0.1) is 0 Å². The summed E-state index contributed by atoms with van der Waals surface area (Å²) in [6.07, 6.45) is 0.207. The topological polar surface area (TPSA) is 54.3 Å². The van der Waals surface area contributed by atoms with Crippen molar-refractivity contribution in [3.63, 3.8) is 0 Å². The van der Waals surface area contributed by atoms with E-state index in [1.807, 2.05) is 72.8 Å². The molecule has 0 aliphatic carbocycles. The van der Waals surface area contributed by atoms with E-state index >= 15 is 0 Å². The van der Waals surface area contributed by atoms with Gasteiger partial charge in [0.05, 0.1) is 11.0 Å². The van der Waals surface area contributed by atoms with Crippen LogP contribution in [0.1, 0.15) is 15.9 Å². The molecule has 5 heteroatoms. The molecule has 0 fully saturated rings. The van der Waals surface area contributed by atoms with Crippen molar-refractivity contribution >= 4 is 49.2 Å². The summed E-state index contributed by atoms with van der Waals surface area (Å²) in [7, 11) is 0. The predicted octanol–water partition coefficient (Wildman–Crippen LogP) is 5.12. The van der Waals surface area contributed by atoms with Crippen LogP contribution in [0.2, 0.25) is 0 Å². The average Bonchev–Trinajstić information content (AvgIpc) is 3.11. The van der Waals surface area contributed by atoms with Gasteiger partial charge in [-0.1, -0.05) is 58.4 Å². The third-order valence-corrected chi connectivity index (χ3v) is 5.63. The van der Waals surface area contributed by atoms with Crippen LogP contribution in [0, 0.1) is 0 Å². The molecule has 0 amide bonds. The number of ketones is 1. The van der Waals surface area contributed by atoms with Gasteiger partial charge in [-0.3, -0.25) is 14.0 Å². The fourth-order valence-electron chi connectivity index (χ4n) is 3.76. The van der Waals surface area contributed by atoms with Crippen molar-refractivity contribution in [2.24, 2.45) is 0 Å². The molecule has 0 aliphatic heterocycles. The van der Waals surface area contributed by atoms with E-state index in [0.29, 0.717) is 16.6 Å². The Morgan fingerprint density at radius 2 is 1.57 bits per heavy atom. The summed E-state index contributed by atoms with van der Waals surface area (Å²) >= 11 is 3.40. The van der Waals surface area contributed by atoms with Gasteiger partial charge in [-0.2, -0.15) is 0 Å². The molecule has 1 N–H and O–H groups in total. The van der Waals surface area contributed by atoms with Gasteiger partial charge in [0.15, 0.2) is 5.78 Å². The van der Waals surface area contributed by atoms with Crippen LogP contribution >= 0.6 is 15.9 Å². The summed E-state index contributed by atoms with van der Waals surface area (Å²) in [5, 5.41) is 1.42. The van der Waals surface area contributed by atoms with Crippen molar-refractivity contribution < 1.29 is 4.79 Å². The number of H-pyrrole nitrogens is 1. The molecule has 5 rings (SSSR count). The van der Waals surface area contributed by atoms with Crippen LogP contribution in [-0.4, -0.2) is 15.2 Å². The molecule has 0 spiro atoms. The molecule has 5 aromatic rings. The number of nitrogens with one attached hydrogen (secondary N) is 1. The third-order valence-electron chi connectivity index (χ3n) is 5.10. The van der Waals surface area contributed by atoms with Crippen LogP contribution < -0.4 is 5.56 Å². The monoisotopic (exact) mass is 430 g/mol. The quantitative estimate of drug-likeness (QED) is 0.403. The number of pyridine rings is 1. The van der Waals surface area contributed by atoms with Crippen LogP contribution in [-0.2, 0) is 6.42 Å². The highest BCUT2D eigenvalue weighted by Crippen LogP contribution is 2.25. The predicted molar refractivity (Wildman–Crippen MR) is 115 cm³/mol. The number of para-hydroxylation sites is 2. The second-order valence-corrected chi connectivity index (χ2v) is 7.68. The molecule has 3 aromatic carbocycles. The molecule has 0 unspecified atom stereocenters. The van der Waals surface area contributed by atoms with Gasteiger partial charge in [0.1, 0.15) is 5.65 Å². The minimum absolute atomic E-state index is 0.0110. The smallest absolute Gasteiger partial charge is 0.264 e. The Kier molecular flexibility index (Phi) is 3.91. The summed E-state index contributed by atoms with van der Waals surface area (Å²) < 4.78 is 2.61. The Balaban J connectivity index is 1.80. The van der Waals surface area contributed by atoms with Crippen molar-refractivity contribution in [1.29, 1.82) is 0 Å². The number of aromatic nitrogens is 2. The van der Waals surface area contributed by atoms with Gasteiger partial charge in [0.2, 0.25) is 0 Å². The van der Waals surface area contributed by atoms with Crippen LogP contribution in [0.3, 0.4) is 0 Å². The van der Waals surface area contributed by atoms with E-state index in [2.05, 4.69) is 20.9 Å². The number of carbonyl (C=O) groups excluding carboxylic acids is 1. The van der Waals surface area contributed by atoms with Crippen LogP contribution in [0.4, 0.5) is 0 Å². The summed E-state index contributed by atoms with van der Waals surface area (Å²) in [5.41, 5.74) is 3.75. The highest BCUT2D eigenvalue weighted by molar-refractivity contribution is 9.10. The third kappa shape index (κ3) is 2.59. The largest absolute Gasteiger partial charge is 0.339 e. The minimum atomic E-state index is -0.0807. The van der Waals surface area contributed by atoms with Crippen LogP contribution in [0.15, 0.2) is 82.1 Å².